The normalized spacial score (nSPS) is 9.14. The Balaban J connectivity index is 2.53. The van der Waals surface area contributed by atoms with Crippen LogP contribution in [0.3, 0.4) is 0 Å². The van der Waals surface area contributed by atoms with Crippen LogP contribution < -0.4 is 5.32 Å². The maximum absolute atomic E-state index is 10.9. The minimum Gasteiger partial charge on any atom is -0.358 e. The molecule has 0 spiro atoms. The minimum atomic E-state index is -0.0406. The fourth-order valence-corrected chi connectivity index (χ4v) is 1.46. The van der Waals surface area contributed by atoms with Crippen LogP contribution in [-0.2, 0) is 4.79 Å². The van der Waals surface area contributed by atoms with Crippen molar-refractivity contribution in [3.05, 3.63) is 23.9 Å². The van der Waals surface area contributed by atoms with E-state index in [4.69, 9.17) is 5.26 Å². The molecule has 4 nitrogen and oxygen atoms in total. The quantitative estimate of drug-likeness (QED) is 0.744. The molecule has 0 aliphatic heterocycles. The highest BCUT2D eigenvalue weighted by atomic mass is 32.2. The van der Waals surface area contributed by atoms with Crippen LogP contribution in [0.25, 0.3) is 0 Å². The second-order valence-corrected chi connectivity index (χ2v) is 3.45. The van der Waals surface area contributed by atoms with Gasteiger partial charge < -0.3 is 5.32 Å². The van der Waals surface area contributed by atoms with E-state index in [2.05, 4.69) is 10.3 Å². The zero-order chi connectivity index (χ0) is 10.4. The van der Waals surface area contributed by atoms with Crippen LogP contribution in [-0.4, -0.2) is 23.7 Å². The van der Waals surface area contributed by atoms with Crippen molar-refractivity contribution in [3.8, 4) is 6.07 Å². The first kappa shape index (κ1) is 10.5. The molecule has 0 aliphatic rings. The summed E-state index contributed by atoms with van der Waals surface area (Å²) in [5.74, 6) is 0.302. The number of carbonyl (C=O) groups excluding carboxylic acids is 1. The summed E-state index contributed by atoms with van der Waals surface area (Å²) in [6, 6.07) is 5.39. The Bertz CT molecular complexity index is 355. The maximum Gasteiger partial charge on any atom is 0.230 e. The summed E-state index contributed by atoms with van der Waals surface area (Å²) < 4.78 is 0. The third kappa shape index (κ3) is 3.07. The monoisotopic (exact) mass is 207 g/mol. The van der Waals surface area contributed by atoms with Crippen molar-refractivity contribution in [3.63, 3.8) is 0 Å². The van der Waals surface area contributed by atoms with E-state index in [0.717, 1.165) is 5.03 Å². The first-order valence-electron chi connectivity index (χ1n) is 3.96. The Morgan fingerprint density at radius 1 is 1.71 bits per heavy atom. The molecular weight excluding hydrogens is 198 g/mol. The summed E-state index contributed by atoms with van der Waals surface area (Å²) in [7, 11) is 1.59. The van der Waals surface area contributed by atoms with Crippen LogP contribution in [0, 0.1) is 11.3 Å². The molecule has 0 atom stereocenters. The Hall–Kier alpha value is -1.54. The number of rotatable bonds is 3. The number of hydrogen-bond acceptors (Lipinski definition) is 4. The highest BCUT2D eigenvalue weighted by Crippen LogP contribution is 2.14. The van der Waals surface area contributed by atoms with Crippen molar-refractivity contribution in [2.24, 2.45) is 0 Å². The van der Waals surface area contributed by atoms with Gasteiger partial charge in [0.25, 0.3) is 0 Å². The van der Waals surface area contributed by atoms with Gasteiger partial charge in [0.05, 0.1) is 16.3 Å². The number of nitriles is 1. The number of nitrogens with zero attached hydrogens (tertiary/aromatic N) is 2. The number of aromatic nitrogens is 1. The minimum absolute atomic E-state index is 0.0406. The largest absolute Gasteiger partial charge is 0.358 e. The first-order valence-corrected chi connectivity index (χ1v) is 4.94. The molecule has 0 fully saturated rings. The molecule has 0 bridgehead atoms. The number of nitrogens with one attached hydrogen (secondary N) is 1. The molecule has 0 saturated carbocycles. The van der Waals surface area contributed by atoms with E-state index in [1.165, 1.54) is 18.0 Å². The van der Waals surface area contributed by atoms with Crippen LogP contribution in [0.4, 0.5) is 0 Å². The van der Waals surface area contributed by atoms with Gasteiger partial charge in [-0.05, 0) is 12.1 Å². The van der Waals surface area contributed by atoms with Gasteiger partial charge in [0, 0.05) is 13.2 Å². The summed E-state index contributed by atoms with van der Waals surface area (Å²) >= 11 is 1.34. The van der Waals surface area contributed by atoms with Gasteiger partial charge in [-0.25, -0.2) is 4.98 Å². The van der Waals surface area contributed by atoms with Gasteiger partial charge in [-0.15, -0.1) is 0 Å². The number of hydrogen-bond donors (Lipinski definition) is 1. The van der Waals surface area contributed by atoms with Crippen molar-refractivity contribution in [2.45, 2.75) is 5.03 Å². The fraction of sp³-hybridized carbons (Fsp3) is 0.222. The van der Waals surface area contributed by atoms with E-state index in [1.54, 1.807) is 19.2 Å². The Labute approximate surface area is 86.3 Å². The van der Waals surface area contributed by atoms with E-state index >= 15 is 0 Å². The summed E-state index contributed by atoms with van der Waals surface area (Å²) in [6.45, 7) is 0. The fourth-order valence-electron chi connectivity index (χ4n) is 0.743. The third-order valence-electron chi connectivity index (χ3n) is 1.50. The van der Waals surface area contributed by atoms with Gasteiger partial charge in [-0.1, -0.05) is 11.8 Å². The zero-order valence-corrected chi connectivity index (χ0v) is 8.47. The van der Waals surface area contributed by atoms with Gasteiger partial charge >= 0.3 is 0 Å². The van der Waals surface area contributed by atoms with Gasteiger partial charge in [0.15, 0.2) is 0 Å². The number of amides is 1. The third-order valence-corrected chi connectivity index (χ3v) is 2.44. The molecule has 0 unspecified atom stereocenters. The van der Waals surface area contributed by atoms with Crippen molar-refractivity contribution in [2.75, 3.05) is 12.8 Å². The van der Waals surface area contributed by atoms with Crippen LogP contribution in [0.5, 0.6) is 0 Å². The molecule has 1 aromatic heterocycles. The number of carbonyl (C=O) groups is 1. The predicted molar refractivity (Wildman–Crippen MR) is 53.7 cm³/mol. The molecule has 1 aromatic rings. The highest BCUT2D eigenvalue weighted by Gasteiger charge is 2.00. The van der Waals surface area contributed by atoms with Gasteiger partial charge in [0.1, 0.15) is 6.07 Å². The van der Waals surface area contributed by atoms with Gasteiger partial charge in [-0.2, -0.15) is 5.26 Å². The summed E-state index contributed by atoms with van der Waals surface area (Å²) in [5, 5.41) is 11.8. The molecular formula is C9H9N3OS. The molecule has 1 N–H and O–H groups in total. The van der Waals surface area contributed by atoms with E-state index in [9.17, 15) is 4.79 Å². The predicted octanol–water partition coefficient (Wildman–Crippen LogP) is 0.791. The van der Waals surface area contributed by atoms with Crippen molar-refractivity contribution in [1.82, 2.24) is 10.3 Å². The van der Waals surface area contributed by atoms with Crippen molar-refractivity contribution in [1.29, 1.82) is 5.26 Å². The molecule has 72 valence electrons. The molecule has 0 aromatic carbocycles. The lowest BCUT2D eigenvalue weighted by Gasteiger charge is -1.99. The SMILES string of the molecule is CNC(=O)CSc1ccc(C#N)cn1. The highest BCUT2D eigenvalue weighted by molar-refractivity contribution is 7.99. The Morgan fingerprint density at radius 3 is 3.00 bits per heavy atom. The Kier molecular flexibility index (Phi) is 3.95. The van der Waals surface area contributed by atoms with Crippen LogP contribution >= 0.6 is 11.8 Å². The average molecular weight is 207 g/mol. The molecule has 0 aliphatic carbocycles. The van der Waals surface area contributed by atoms with Crippen molar-refractivity contribution >= 4 is 17.7 Å². The lowest BCUT2D eigenvalue weighted by molar-refractivity contribution is -0.118. The van der Waals surface area contributed by atoms with Gasteiger partial charge in [-0.3, -0.25) is 4.79 Å². The standard InChI is InChI=1S/C9H9N3OS/c1-11-8(13)6-14-9-3-2-7(4-10)5-12-9/h2-3,5H,6H2,1H3,(H,11,13). The first-order chi connectivity index (χ1) is 6.76. The molecule has 14 heavy (non-hydrogen) atoms. The molecule has 1 heterocycles. The molecule has 1 amide bonds. The van der Waals surface area contributed by atoms with E-state index < -0.39 is 0 Å². The smallest absolute Gasteiger partial charge is 0.230 e. The van der Waals surface area contributed by atoms with E-state index in [1.807, 2.05) is 6.07 Å². The Morgan fingerprint density at radius 2 is 2.50 bits per heavy atom. The summed E-state index contributed by atoms with van der Waals surface area (Å²) in [6.07, 6.45) is 1.49. The molecule has 5 heteroatoms. The molecule has 0 saturated heterocycles. The zero-order valence-electron chi connectivity index (χ0n) is 7.65. The average Bonchev–Trinajstić information content (AvgIpc) is 2.26. The molecule has 1 rings (SSSR count). The maximum atomic E-state index is 10.9. The second kappa shape index (κ2) is 5.25. The lowest BCUT2D eigenvalue weighted by Crippen LogP contribution is -2.19. The van der Waals surface area contributed by atoms with Crippen LogP contribution in [0.1, 0.15) is 5.56 Å². The lowest BCUT2D eigenvalue weighted by atomic mass is 10.3. The summed E-state index contributed by atoms with van der Waals surface area (Å²) in [4.78, 5) is 14.9. The van der Waals surface area contributed by atoms with Crippen molar-refractivity contribution < 1.29 is 4.79 Å². The van der Waals surface area contributed by atoms with Crippen LogP contribution in [0.15, 0.2) is 23.4 Å². The van der Waals surface area contributed by atoms with E-state index in [-0.39, 0.29) is 5.91 Å². The number of pyridine rings is 1. The second-order valence-electron chi connectivity index (χ2n) is 2.46. The number of thioether (sulfide) groups is 1. The van der Waals surface area contributed by atoms with E-state index in [0.29, 0.717) is 11.3 Å². The van der Waals surface area contributed by atoms with Crippen LogP contribution in [0.2, 0.25) is 0 Å². The topological polar surface area (TPSA) is 65.8 Å². The van der Waals surface area contributed by atoms with Gasteiger partial charge in [0.2, 0.25) is 5.91 Å². The molecule has 0 radical (unpaired) electrons. The summed E-state index contributed by atoms with van der Waals surface area (Å²) in [5.41, 5.74) is 0.522.